The van der Waals surface area contributed by atoms with E-state index in [1.807, 2.05) is 19.0 Å². The van der Waals surface area contributed by atoms with Gasteiger partial charge in [0.2, 0.25) is 5.88 Å². The van der Waals surface area contributed by atoms with E-state index in [9.17, 15) is 14.7 Å². The molecule has 1 aromatic heterocycles. The van der Waals surface area contributed by atoms with Crippen molar-refractivity contribution in [2.45, 2.75) is 0 Å². The number of nitrogens with zero attached hydrogens (tertiary/aromatic N) is 3. The number of H-pyrrole nitrogens is 1. The molecule has 0 saturated carbocycles. The summed E-state index contributed by atoms with van der Waals surface area (Å²) in [5.74, 6) is 0.0526. The highest BCUT2D eigenvalue weighted by atomic mass is 16.5. The van der Waals surface area contributed by atoms with Crippen LogP contribution in [0.3, 0.4) is 0 Å². The largest absolute Gasteiger partial charge is 0.497 e. The van der Waals surface area contributed by atoms with Crippen molar-refractivity contribution in [2.24, 2.45) is 4.99 Å². The highest BCUT2D eigenvalue weighted by molar-refractivity contribution is 5.82. The molecule has 0 amide bonds. The van der Waals surface area contributed by atoms with Crippen LogP contribution in [-0.4, -0.2) is 60.1 Å². The lowest BCUT2D eigenvalue weighted by atomic mass is 10.2. The molecule has 0 aliphatic heterocycles. The summed E-state index contributed by atoms with van der Waals surface area (Å²) in [6.45, 7) is 1.16. The number of aliphatic imine (C=N–C) groups is 1. The fraction of sp³-hybridized carbons (Fsp3) is 0.312. The van der Waals surface area contributed by atoms with Crippen LogP contribution < -0.4 is 16.0 Å². The van der Waals surface area contributed by atoms with Gasteiger partial charge in [0.15, 0.2) is 0 Å². The predicted molar refractivity (Wildman–Crippen MR) is 91.9 cm³/mol. The summed E-state index contributed by atoms with van der Waals surface area (Å²) >= 11 is 0. The van der Waals surface area contributed by atoms with Gasteiger partial charge in [0, 0.05) is 18.8 Å². The highest BCUT2D eigenvalue weighted by Crippen LogP contribution is 2.19. The van der Waals surface area contributed by atoms with Gasteiger partial charge in [0.05, 0.1) is 19.3 Å². The van der Waals surface area contributed by atoms with E-state index < -0.39 is 17.1 Å². The Labute approximate surface area is 138 Å². The number of rotatable bonds is 6. The molecular formula is C16H20N4O4. The number of ether oxygens (including phenoxy) is 1. The van der Waals surface area contributed by atoms with E-state index >= 15 is 0 Å². The molecule has 128 valence electrons. The standard InChI is InChI=1S/C16H20N4O4/c1-19(2)8-7-17-10-13-14(21)18-16(23)20(15(13)22)11-5-4-6-12(9-11)24-3/h4-6,9-10,22H,7-8H2,1-3H3,(H,18,21,23). The minimum absolute atomic E-state index is 0.0730. The van der Waals surface area contributed by atoms with E-state index in [-0.39, 0.29) is 5.56 Å². The first kappa shape index (κ1) is 17.5. The summed E-state index contributed by atoms with van der Waals surface area (Å²) in [5, 5.41) is 10.4. The van der Waals surface area contributed by atoms with Gasteiger partial charge in [0.1, 0.15) is 11.3 Å². The molecule has 0 fully saturated rings. The molecule has 0 saturated heterocycles. The third kappa shape index (κ3) is 3.90. The van der Waals surface area contributed by atoms with Gasteiger partial charge in [-0.3, -0.25) is 14.8 Å². The van der Waals surface area contributed by atoms with Crippen molar-refractivity contribution >= 4 is 6.21 Å². The van der Waals surface area contributed by atoms with Crippen LogP contribution in [-0.2, 0) is 0 Å². The number of aromatic hydroxyl groups is 1. The predicted octanol–water partition coefficient (Wildman–Crippen LogP) is 0.220. The topological polar surface area (TPSA) is 99.9 Å². The number of nitrogens with one attached hydrogen (secondary N) is 1. The molecule has 0 radical (unpaired) electrons. The van der Waals surface area contributed by atoms with Crippen molar-refractivity contribution in [3.05, 3.63) is 50.7 Å². The molecule has 2 rings (SSSR count). The van der Waals surface area contributed by atoms with Gasteiger partial charge in [-0.15, -0.1) is 0 Å². The maximum atomic E-state index is 12.1. The van der Waals surface area contributed by atoms with Crippen molar-refractivity contribution in [1.29, 1.82) is 0 Å². The lowest BCUT2D eigenvalue weighted by Crippen LogP contribution is -2.31. The SMILES string of the molecule is COc1cccc(-n2c(O)c(C=NCCN(C)C)c(=O)[nH]c2=O)c1. The Kier molecular flexibility index (Phi) is 5.54. The number of hydrogen-bond donors (Lipinski definition) is 2. The normalized spacial score (nSPS) is 11.3. The third-order valence-corrected chi connectivity index (χ3v) is 3.33. The van der Waals surface area contributed by atoms with Crippen LogP contribution in [0.25, 0.3) is 5.69 Å². The first-order chi connectivity index (χ1) is 11.4. The summed E-state index contributed by atoms with van der Waals surface area (Å²) in [4.78, 5) is 32.3. The highest BCUT2D eigenvalue weighted by Gasteiger charge is 2.14. The average Bonchev–Trinajstić information content (AvgIpc) is 2.53. The van der Waals surface area contributed by atoms with Crippen LogP contribution in [0.5, 0.6) is 11.6 Å². The van der Waals surface area contributed by atoms with Crippen molar-refractivity contribution in [1.82, 2.24) is 14.5 Å². The van der Waals surface area contributed by atoms with Gasteiger partial charge in [-0.05, 0) is 26.2 Å². The van der Waals surface area contributed by atoms with Gasteiger partial charge in [-0.2, -0.15) is 0 Å². The fourth-order valence-corrected chi connectivity index (χ4v) is 2.06. The zero-order valence-electron chi connectivity index (χ0n) is 13.8. The average molecular weight is 332 g/mol. The van der Waals surface area contributed by atoms with Crippen molar-refractivity contribution in [2.75, 3.05) is 34.3 Å². The Morgan fingerprint density at radius 3 is 2.79 bits per heavy atom. The maximum Gasteiger partial charge on any atom is 0.335 e. The minimum Gasteiger partial charge on any atom is -0.497 e. The van der Waals surface area contributed by atoms with Crippen LogP contribution in [0.15, 0.2) is 38.8 Å². The Morgan fingerprint density at radius 2 is 2.12 bits per heavy atom. The molecule has 1 heterocycles. The van der Waals surface area contributed by atoms with E-state index in [0.717, 1.165) is 4.57 Å². The van der Waals surface area contributed by atoms with Crippen LogP contribution in [0.4, 0.5) is 0 Å². The van der Waals surface area contributed by atoms with E-state index in [4.69, 9.17) is 4.74 Å². The van der Waals surface area contributed by atoms with Crippen molar-refractivity contribution in [3.63, 3.8) is 0 Å². The summed E-state index contributed by atoms with van der Waals surface area (Å²) in [5.41, 5.74) is -1.13. The van der Waals surface area contributed by atoms with Gasteiger partial charge in [0.25, 0.3) is 5.56 Å². The second-order valence-corrected chi connectivity index (χ2v) is 5.37. The zero-order valence-corrected chi connectivity index (χ0v) is 13.8. The van der Waals surface area contributed by atoms with Crippen LogP contribution >= 0.6 is 0 Å². The Bertz CT molecular complexity index is 852. The summed E-state index contributed by atoms with van der Waals surface area (Å²) in [6, 6.07) is 6.58. The summed E-state index contributed by atoms with van der Waals surface area (Å²) < 4.78 is 6.11. The minimum atomic E-state index is -0.740. The second-order valence-electron chi connectivity index (χ2n) is 5.37. The third-order valence-electron chi connectivity index (χ3n) is 3.33. The van der Waals surface area contributed by atoms with Crippen LogP contribution in [0.1, 0.15) is 5.56 Å². The van der Waals surface area contributed by atoms with E-state index in [0.29, 0.717) is 24.5 Å². The number of methoxy groups -OCH3 is 1. The number of benzene rings is 1. The Balaban J connectivity index is 2.48. The number of likely N-dealkylation sites (N-methyl/N-ethyl adjacent to an activating group) is 1. The number of aromatic nitrogens is 2. The molecule has 0 aliphatic rings. The van der Waals surface area contributed by atoms with Crippen molar-refractivity contribution in [3.8, 4) is 17.3 Å². The Hall–Kier alpha value is -2.87. The summed E-state index contributed by atoms with van der Waals surface area (Å²) in [7, 11) is 5.31. The molecule has 0 aliphatic carbocycles. The lowest BCUT2D eigenvalue weighted by Gasteiger charge is -2.10. The van der Waals surface area contributed by atoms with Gasteiger partial charge >= 0.3 is 5.69 Å². The number of aromatic amines is 1. The molecule has 0 atom stereocenters. The van der Waals surface area contributed by atoms with Crippen molar-refractivity contribution < 1.29 is 9.84 Å². The summed E-state index contributed by atoms with van der Waals surface area (Å²) in [6.07, 6.45) is 1.27. The monoisotopic (exact) mass is 332 g/mol. The van der Waals surface area contributed by atoms with Gasteiger partial charge in [-0.25, -0.2) is 9.36 Å². The molecule has 1 aromatic carbocycles. The molecule has 8 heteroatoms. The van der Waals surface area contributed by atoms with Crippen LogP contribution in [0, 0.1) is 0 Å². The molecule has 8 nitrogen and oxygen atoms in total. The van der Waals surface area contributed by atoms with E-state index in [2.05, 4.69) is 9.98 Å². The molecule has 2 aromatic rings. The van der Waals surface area contributed by atoms with Crippen LogP contribution in [0.2, 0.25) is 0 Å². The van der Waals surface area contributed by atoms with Gasteiger partial charge < -0.3 is 14.7 Å². The lowest BCUT2D eigenvalue weighted by molar-refractivity contribution is 0.412. The first-order valence-electron chi connectivity index (χ1n) is 7.31. The zero-order chi connectivity index (χ0) is 17.7. The molecule has 24 heavy (non-hydrogen) atoms. The fourth-order valence-electron chi connectivity index (χ4n) is 2.06. The Morgan fingerprint density at radius 1 is 1.38 bits per heavy atom. The van der Waals surface area contributed by atoms with Gasteiger partial charge in [-0.1, -0.05) is 6.07 Å². The van der Waals surface area contributed by atoms with E-state index in [1.165, 1.54) is 13.3 Å². The second kappa shape index (κ2) is 7.60. The maximum absolute atomic E-state index is 12.1. The smallest absolute Gasteiger partial charge is 0.335 e. The molecular weight excluding hydrogens is 312 g/mol. The first-order valence-corrected chi connectivity index (χ1v) is 7.31. The molecule has 0 bridgehead atoms. The van der Waals surface area contributed by atoms with E-state index in [1.54, 1.807) is 24.3 Å². The molecule has 0 unspecified atom stereocenters. The molecule has 2 N–H and O–H groups in total. The quantitative estimate of drug-likeness (QED) is 0.737. The molecule has 0 spiro atoms. The number of hydrogen-bond acceptors (Lipinski definition) is 6.